The fourth-order valence-electron chi connectivity index (χ4n) is 4.16. The highest BCUT2D eigenvalue weighted by Crippen LogP contribution is 2.39. The molecule has 0 aliphatic carbocycles. The number of Topliss-reactive ketones (excluding diaryl/α,β-unsaturated/α-hetero) is 1. The number of hydrogen-bond donors (Lipinski definition) is 1. The molecule has 0 spiro atoms. The van der Waals surface area contributed by atoms with Crippen LogP contribution in [0.1, 0.15) is 17.2 Å². The molecule has 10 heteroatoms. The first kappa shape index (κ1) is 24.1. The predicted octanol–water partition coefficient (Wildman–Crippen LogP) is 1.78. The summed E-state index contributed by atoms with van der Waals surface area (Å²) in [7, 11) is -2.20. The average Bonchev–Trinajstić information content (AvgIpc) is 3.13. The summed E-state index contributed by atoms with van der Waals surface area (Å²) in [5, 5.41) is 11.1. The fourth-order valence-corrected chi connectivity index (χ4v) is 5.57. The topological polar surface area (TPSA) is 113 Å². The Bertz CT molecular complexity index is 1190. The van der Waals surface area contributed by atoms with Gasteiger partial charge >= 0.3 is 0 Å². The highest BCUT2D eigenvalue weighted by atomic mass is 32.2. The zero-order valence-electron chi connectivity index (χ0n) is 18.7. The van der Waals surface area contributed by atoms with E-state index in [2.05, 4.69) is 0 Å². The van der Waals surface area contributed by atoms with Crippen molar-refractivity contribution < 1.29 is 32.6 Å². The standard InChI is InChI=1S/C24H26N2O7S/c1-32-14-13-26-21(17-5-3-2-4-6-17)20(23(28)24(26)29)22(27)18-7-9-19(10-8-18)34(30,31)25-11-15-33-16-12-25/h2-10,21,27H,11-16H2,1H3/b22-20+/t21-/m1/s1. The lowest BCUT2D eigenvalue weighted by Crippen LogP contribution is -2.40. The van der Waals surface area contributed by atoms with Gasteiger partial charge in [-0.25, -0.2) is 8.42 Å². The number of methoxy groups -OCH3 is 1. The number of amides is 1. The molecule has 2 aliphatic rings. The largest absolute Gasteiger partial charge is 0.507 e. The van der Waals surface area contributed by atoms with E-state index >= 15 is 0 Å². The van der Waals surface area contributed by atoms with Gasteiger partial charge in [0.1, 0.15) is 5.76 Å². The molecule has 9 nitrogen and oxygen atoms in total. The highest BCUT2D eigenvalue weighted by molar-refractivity contribution is 7.89. The van der Waals surface area contributed by atoms with E-state index in [1.165, 1.54) is 40.6 Å². The van der Waals surface area contributed by atoms with E-state index in [4.69, 9.17) is 9.47 Å². The predicted molar refractivity (Wildman–Crippen MR) is 123 cm³/mol. The Morgan fingerprint density at radius 3 is 2.32 bits per heavy atom. The van der Waals surface area contributed by atoms with Crippen LogP contribution in [0, 0.1) is 0 Å². The molecule has 34 heavy (non-hydrogen) atoms. The normalized spacial score (nSPS) is 21.2. The van der Waals surface area contributed by atoms with Gasteiger partial charge < -0.3 is 19.5 Å². The molecule has 2 heterocycles. The maximum atomic E-state index is 12.9. The molecule has 2 saturated heterocycles. The van der Waals surface area contributed by atoms with Crippen LogP contribution in [0.5, 0.6) is 0 Å². The summed E-state index contributed by atoms with van der Waals surface area (Å²) in [6.07, 6.45) is 0. The maximum absolute atomic E-state index is 12.9. The second-order valence-corrected chi connectivity index (χ2v) is 9.87. The van der Waals surface area contributed by atoms with Crippen molar-refractivity contribution in [1.82, 2.24) is 9.21 Å². The van der Waals surface area contributed by atoms with E-state index in [-0.39, 0.29) is 48.0 Å². The molecule has 4 rings (SSSR count). The molecule has 2 aromatic rings. The molecule has 0 radical (unpaired) electrons. The molecule has 0 unspecified atom stereocenters. The molecule has 180 valence electrons. The number of benzene rings is 2. The van der Waals surface area contributed by atoms with E-state index in [1.54, 1.807) is 24.3 Å². The summed E-state index contributed by atoms with van der Waals surface area (Å²) in [6.45, 7) is 1.61. The number of aliphatic hydroxyl groups excluding tert-OH is 1. The van der Waals surface area contributed by atoms with Crippen molar-refractivity contribution in [2.75, 3.05) is 46.6 Å². The van der Waals surface area contributed by atoms with Gasteiger partial charge in [0.25, 0.3) is 11.7 Å². The third kappa shape index (κ3) is 4.49. The van der Waals surface area contributed by atoms with Crippen molar-refractivity contribution in [3.63, 3.8) is 0 Å². The van der Waals surface area contributed by atoms with Crippen molar-refractivity contribution in [3.8, 4) is 0 Å². The number of nitrogens with zero attached hydrogens (tertiary/aromatic N) is 2. The molecule has 2 aromatic carbocycles. The van der Waals surface area contributed by atoms with Crippen molar-refractivity contribution in [2.45, 2.75) is 10.9 Å². The smallest absolute Gasteiger partial charge is 0.295 e. The summed E-state index contributed by atoms with van der Waals surface area (Å²) in [6, 6.07) is 13.8. The second-order valence-electron chi connectivity index (χ2n) is 7.94. The minimum absolute atomic E-state index is 0.0453. The number of carbonyl (C=O) groups is 2. The van der Waals surface area contributed by atoms with E-state index in [9.17, 15) is 23.1 Å². The van der Waals surface area contributed by atoms with Crippen LogP contribution in [-0.4, -0.2) is 81.0 Å². The second kappa shape index (κ2) is 10.1. The number of rotatable bonds is 7. The minimum atomic E-state index is -3.70. The Kier molecular flexibility index (Phi) is 7.13. The van der Waals surface area contributed by atoms with Crippen LogP contribution in [0.2, 0.25) is 0 Å². The van der Waals surface area contributed by atoms with Crippen LogP contribution < -0.4 is 0 Å². The van der Waals surface area contributed by atoms with Gasteiger partial charge in [0.05, 0.1) is 36.3 Å². The molecule has 1 amide bonds. The van der Waals surface area contributed by atoms with Crippen molar-refractivity contribution >= 4 is 27.5 Å². The number of aliphatic hydroxyl groups is 1. The first-order chi connectivity index (χ1) is 16.4. The Morgan fingerprint density at radius 2 is 1.71 bits per heavy atom. The Labute approximate surface area is 198 Å². The number of sulfonamides is 1. The maximum Gasteiger partial charge on any atom is 0.295 e. The lowest BCUT2D eigenvalue weighted by molar-refractivity contribution is -0.140. The third-order valence-corrected chi connectivity index (χ3v) is 7.84. The van der Waals surface area contributed by atoms with Gasteiger partial charge in [-0.2, -0.15) is 4.31 Å². The lowest BCUT2D eigenvalue weighted by atomic mass is 9.95. The highest BCUT2D eigenvalue weighted by Gasteiger charge is 2.45. The van der Waals surface area contributed by atoms with Gasteiger partial charge in [0.15, 0.2) is 0 Å². The van der Waals surface area contributed by atoms with Gasteiger partial charge in [0.2, 0.25) is 10.0 Å². The third-order valence-electron chi connectivity index (χ3n) is 5.93. The molecular formula is C24H26N2O7S. The van der Waals surface area contributed by atoms with Crippen LogP contribution >= 0.6 is 0 Å². The molecule has 0 bridgehead atoms. The molecule has 1 N–H and O–H groups in total. The molecule has 0 saturated carbocycles. The quantitative estimate of drug-likeness (QED) is 0.361. The van der Waals surface area contributed by atoms with Crippen molar-refractivity contribution in [2.24, 2.45) is 0 Å². The first-order valence-corrected chi connectivity index (χ1v) is 12.3. The summed E-state index contributed by atoms with van der Waals surface area (Å²) >= 11 is 0. The Balaban J connectivity index is 1.72. The SMILES string of the molecule is COCCN1C(=O)C(=O)/C(=C(/O)c2ccc(S(=O)(=O)N3CCOCC3)cc2)[C@H]1c1ccccc1. The number of hydrogen-bond acceptors (Lipinski definition) is 7. The summed E-state index contributed by atoms with van der Waals surface area (Å²) in [5.41, 5.74) is 0.869. The lowest BCUT2D eigenvalue weighted by Gasteiger charge is -2.26. The van der Waals surface area contributed by atoms with Crippen molar-refractivity contribution in [3.05, 3.63) is 71.3 Å². The van der Waals surface area contributed by atoms with Gasteiger partial charge in [-0.1, -0.05) is 30.3 Å². The zero-order valence-corrected chi connectivity index (χ0v) is 19.5. The van der Waals surface area contributed by atoms with Gasteiger partial charge in [0, 0.05) is 32.3 Å². The average molecular weight is 487 g/mol. The Hall–Kier alpha value is -3.05. The summed E-state index contributed by atoms with van der Waals surface area (Å²) in [5.74, 6) is -1.88. The molecule has 2 aliphatic heterocycles. The number of likely N-dealkylation sites (tertiary alicyclic amines) is 1. The van der Waals surface area contributed by atoms with Gasteiger partial charge in [-0.15, -0.1) is 0 Å². The van der Waals surface area contributed by atoms with Crippen LogP contribution in [0.3, 0.4) is 0 Å². The van der Waals surface area contributed by atoms with Crippen molar-refractivity contribution in [1.29, 1.82) is 0 Å². The van der Waals surface area contributed by atoms with Crippen LogP contribution in [0.25, 0.3) is 5.76 Å². The van der Waals surface area contributed by atoms with Crippen LogP contribution in [-0.2, 0) is 29.1 Å². The Morgan fingerprint density at radius 1 is 1.06 bits per heavy atom. The summed E-state index contributed by atoms with van der Waals surface area (Å²) in [4.78, 5) is 27.2. The van der Waals surface area contributed by atoms with Crippen LogP contribution in [0.15, 0.2) is 65.1 Å². The van der Waals surface area contributed by atoms with E-state index in [1.807, 2.05) is 6.07 Å². The molecular weight excluding hydrogens is 460 g/mol. The van der Waals surface area contributed by atoms with Crippen LogP contribution in [0.4, 0.5) is 0 Å². The number of morpholine rings is 1. The summed E-state index contributed by atoms with van der Waals surface area (Å²) < 4.78 is 37.4. The van der Waals surface area contributed by atoms with E-state index < -0.39 is 27.8 Å². The number of carbonyl (C=O) groups excluding carboxylic acids is 2. The zero-order chi connectivity index (χ0) is 24.3. The van der Waals surface area contributed by atoms with E-state index in [0.717, 1.165) is 0 Å². The fraction of sp³-hybridized carbons (Fsp3) is 0.333. The first-order valence-electron chi connectivity index (χ1n) is 10.9. The minimum Gasteiger partial charge on any atom is -0.507 e. The number of ketones is 1. The number of ether oxygens (including phenoxy) is 2. The molecule has 0 aromatic heterocycles. The molecule has 1 atom stereocenters. The van der Waals surface area contributed by atoms with E-state index in [0.29, 0.717) is 18.8 Å². The van der Waals surface area contributed by atoms with Gasteiger partial charge in [-0.3, -0.25) is 9.59 Å². The molecule has 2 fully saturated rings. The monoisotopic (exact) mass is 486 g/mol. The van der Waals surface area contributed by atoms with Gasteiger partial charge in [-0.05, 0) is 29.8 Å².